The van der Waals surface area contributed by atoms with Gasteiger partial charge in [-0.1, -0.05) is 30.8 Å². The smallest absolute Gasteiger partial charge is 0.239 e. The van der Waals surface area contributed by atoms with E-state index in [1.165, 1.54) is 23.9 Å². The quantitative estimate of drug-likeness (QED) is 0.567. The van der Waals surface area contributed by atoms with Gasteiger partial charge in [-0.2, -0.15) is 4.98 Å². The summed E-state index contributed by atoms with van der Waals surface area (Å²) in [6.45, 7) is 6.90. The van der Waals surface area contributed by atoms with Gasteiger partial charge in [0, 0.05) is 13.0 Å². The molecule has 0 saturated carbocycles. The number of nitrogens with two attached hydrogens (primary N) is 1. The van der Waals surface area contributed by atoms with Crippen LogP contribution in [0.4, 0.5) is 0 Å². The van der Waals surface area contributed by atoms with E-state index in [2.05, 4.69) is 33.5 Å². The zero-order chi connectivity index (χ0) is 19.6. The molecule has 3 rings (SSSR count). The third-order valence-electron chi connectivity index (χ3n) is 4.05. The molecule has 3 aromatic rings. The topological polar surface area (TPSA) is 117 Å². The van der Waals surface area contributed by atoms with Gasteiger partial charge in [-0.25, -0.2) is 18.5 Å². The van der Waals surface area contributed by atoms with Crippen LogP contribution in [0.2, 0.25) is 0 Å². The van der Waals surface area contributed by atoms with Gasteiger partial charge in [0.05, 0.1) is 21.2 Å². The molecule has 2 heterocycles. The summed E-state index contributed by atoms with van der Waals surface area (Å²) < 4.78 is 30.7. The van der Waals surface area contributed by atoms with Gasteiger partial charge in [0.25, 0.3) is 0 Å². The predicted molar refractivity (Wildman–Crippen MR) is 104 cm³/mol. The normalized spacial score (nSPS) is 13.3. The van der Waals surface area contributed by atoms with Gasteiger partial charge < -0.3 is 9.09 Å². The molecule has 0 spiro atoms. The Morgan fingerprint density at radius 3 is 2.70 bits per heavy atom. The standard InChI is InChI=1S/C17H23N5O3S2/c1-4-6-15-20-16(25-21-15)11(3)26-17-19-13-10-12(27(18,23)24)7-8-14(13)22(17)9-5-2/h7-8,10-11H,4-6,9H2,1-3H3,(H2,18,23,24)/t11-/m1/s1. The lowest BCUT2D eigenvalue weighted by molar-refractivity contribution is 0.374. The number of hydrogen-bond donors (Lipinski definition) is 1. The zero-order valence-corrected chi connectivity index (χ0v) is 17.2. The minimum atomic E-state index is -3.77. The number of thioether (sulfide) groups is 1. The predicted octanol–water partition coefficient (Wildman–Crippen LogP) is 3.28. The maximum Gasteiger partial charge on any atom is 0.239 e. The monoisotopic (exact) mass is 409 g/mol. The number of aromatic nitrogens is 4. The maximum absolute atomic E-state index is 11.6. The van der Waals surface area contributed by atoms with E-state index in [-0.39, 0.29) is 10.1 Å². The van der Waals surface area contributed by atoms with E-state index in [0.717, 1.165) is 36.5 Å². The van der Waals surface area contributed by atoms with Crippen LogP contribution in [0.5, 0.6) is 0 Å². The van der Waals surface area contributed by atoms with Crippen molar-refractivity contribution in [3.63, 3.8) is 0 Å². The number of nitrogens with zero attached hydrogens (tertiary/aromatic N) is 4. The summed E-state index contributed by atoms with van der Waals surface area (Å²) in [4.78, 5) is 9.13. The molecule has 0 aliphatic carbocycles. The van der Waals surface area contributed by atoms with Crippen molar-refractivity contribution >= 4 is 32.8 Å². The van der Waals surface area contributed by atoms with Gasteiger partial charge in [-0.05, 0) is 38.0 Å². The highest BCUT2D eigenvalue weighted by Crippen LogP contribution is 2.35. The Morgan fingerprint density at radius 2 is 2.04 bits per heavy atom. The molecule has 146 valence electrons. The van der Waals surface area contributed by atoms with Crippen molar-refractivity contribution in [3.05, 3.63) is 29.9 Å². The number of aryl methyl sites for hydroxylation is 2. The van der Waals surface area contributed by atoms with E-state index in [9.17, 15) is 8.42 Å². The molecular weight excluding hydrogens is 386 g/mol. The van der Waals surface area contributed by atoms with Gasteiger partial charge in [0.15, 0.2) is 11.0 Å². The highest BCUT2D eigenvalue weighted by molar-refractivity contribution is 7.99. The fraction of sp³-hybridized carbons (Fsp3) is 0.471. The molecular formula is C17H23N5O3S2. The van der Waals surface area contributed by atoms with Crippen LogP contribution in [0.3, 0.4) is 0 Å². The summed E-state index contributed by atoms with van der Waals surface area (Å²) in [6, 6.07) is 4.77. The van der Waals surface area contributed by atoms with Crippen molar-refractivity contribution in [2.24, 2.45) is 5.14 Å². The summed E-state index contributed by atoms with van der Waals surface area (Å²) in [6.07, 6.45) is 2.66. The van der Waals surface area contributed by atoms with Gasteiger partial charge >= 0.3 is 0 Å². The number of rotatable bonds is 8. The first-order valence-corrected chi connectivity index (χ1v) is 11.3. The molecule has 0 saturated heterocycles. The number of sulfonamides is 1. The van der Waals surface area contributed by atoms with Crippen LogP contribution in [-0.4, -0.2) is 28.1 Å². The third-order valence-corrected chi connectivity index (χ3v) is 6.04. The highest BCUT2D eigenvalue weighted by Gasteiger charge is 2.21. The molecule has 0 aliphatic heterocycles. The largest absolute Gasteiger partial charge is 0.338 e. The molecule has 0 fully saturated rings. The summed E-state index contributed by atoms with van der Waals surface area (Å²) in [7, 11) is -3.77. The number of fused-ring (bicyclic) bond motifs is 1. The van der Waals surface area contributed by atoms with Crippen LogP contribution >= 0.6 is 11.8 Å². The van der Waals surface area contributed by atoms with Crippen molar-refractivity contribution in [2.45, 2.75) is 61.9 Å². The second-order valence-corrected chi connectivity index (χ2v) is 9.17. The molecule has 2 N–H and O–H groups in total. The lowest BCUT2D eigenvalue weighted by Crippen LogP contribution is -2.11. The lowest BCUT2D eigenvalue weighted by Gasteiger charge is -2.09. The van der Waals surface area contributed by atoms with Crippen LogP contribution in [0.15, 0.2) is 32.8 Å². The number of benzene rings is 1. The van der Waals surface area contributed by atoms with Crippen LogP contribution < -0.4 is 5.14 Å². The minimum absolute atomic E-state index is 0.0573. The van der Waals surface area contributed by atoms with Crippen molar-refractivity contribution in [1.82, 2.24) is 19.7 Å². The Morgan fingerprint density at radius 1 is 1.26 bits per heavy atom. The van der Waals surface area contributed by atoms with Crippen molar-refractivity contribution in [2.75, 3.05) is 0 Å². The third kappa shape index (κ3) is 4.33. The Labute approximate surface area is 162 Å². The molecule has 10 heteroatoms. The molecule has 1 aromatic carbocycles. The number of primary sulfonamides is 1. The Kier molecular flexibility index (Phi) is 5.87. The van der Waals surface area contributed by atoms with Crippen LogP contribution in [0.1, 0.15) is 50.6 Å². The van der Waals surface area contributed by atoms with Crippen LogP contribution in [0, 0.1) is 0 Å². The fourth-order valence-electron chi connectivity index (χ4n) is 2.76. The number of hydrogen-bond acceptors (Lipinski definition) is 7. The Hall–Kier alpha value is -1.91. The summed E-state index contributed by atoms with van der Waals surface area (Å²) >= 11 is 1.51. The first kappa shape index (κ1) is 19.8. The van der Waals surface area contributed by atoms with Crippen molar-refractivity contribution < 1.29 is 12.9 Å². The second kappa shape index (κ2) is 7.99. The number of imidazole rings is 1. The van der Waals surface area contributed by atoms with E-state index in [0.29, 0.717) is 17.2 Å². The van der Waals surface area contributed by atoms with E-state index in [4.69, 9.17) is 9.66 Å². The average molecular weight is 410 g/mol. The van der Waals surface area contributed by atoms with Gasteiger partial charge in [0.1, 0.15) is 0 Å². The summed E-state index contributed by atoms with van der Waals surface area (Å²) in [5.41, 5.74) is 1.47. The molecule has 0 radical (unpaired) electrons. The first-order chi connectivity index (χ1) is 12.8. The molecule has 27 heavy (non-hydrogen) atoms. The first-order valence-electron chi connectivity index (χ1n) is 8.85. The summed E-state index contributed by atoms with van der Waals surface area (Å²) in [5.74, 6) is 1.27. The zero-order valence-electron chi connectivity index (χ0n) is 15.5. The Balaban J connectivity index is 1.95. The molecule has 0 aliphatic rings. The summed E-state index contributed by atoms with van der Waals surface area (Å²) in [5, 5.41) is 9.94. The molecule has 0 amide bonds. The molecule has 0 bridgehead atoms. The lowest BCUT2D eigenvalue weighted by atomic mass is 10.3. The second-order valence-electron chi connectivity index (χ2n) is 6.30. The maximum atomic E-state index is 11.6. The Bertz CT molecular complexity index is 1040. The average Bonchev–Trinajstić information content (AvgIpc) is 3.20. The van der Waals surface area contributed by atoms with E-state index < -0.39 is 10.0 Å². The van der Waals surface area contributed by atoms with Gasteiger partial charge in [-0.3, -0.25) is 0 Å². The minimum Gasteiger partial charge on any atom is -0.338 e. The fourth-order valence-corrected chi connectivity index (χ4v) is 4.27. The highest BCUT2D eigenvalue weighted by atomic mass is 32.2. The van der Waals surface area contributed by atoms with Crippen LogP contribution in [-0.2, 0) is 23.0 Å². The van der Waals surface area contributed by atoms with Crippen molar-refractivity contribution in [1.29, 1.82) is 0 Å². The van der Waals surface area contributed by atoms with Gasteiger partial charge in [0.2, 0.25) is 15.9 Å². The van der Waals surface area contributed by atoms with E-state index in [1.807, 2.05) is 6.92 Å². The van der Waals surface area contributed by atoms with E-state index >= 15 is 0 Å². The van der Waals surface area contributed by atoms with E-state index in [1.54, 1.807) is 6.07 Å². The molecule has 8 nitrogen and oxygen atoms in total. The SMILES string of the molecule is CCCc1noc([C@@H](C)Sc2nc3cc(S(N)(=O)=O)ccc3n2CCC)n1. The molecule has 0 unspecified atom stereocenters. The van der Waals surface area contributed by atoms with Gasteiger partial charge in [-0.15, -0.1) is 0 Å². The van der Waals surface area contributed by atoms with Crippen LogP contribution in [0.25, 0.3) is 11.0 Å². The molecule has 2 aromatic heterocycles. The van der Waals surface area contributed by atoms with Crippen molar-refractivity contribution in [3.8, 4) is 0 Å². The molecule has 1 atom stereocenters.